The summed E-state index contributed by atoms with van der Waals surface area (Å²) < 4.78 is 30.3. The SMILES string of the molecule is CN1CCCCC/C1=N\S(=O)(=O)c1cccc(NC(=O)CCc2ccc(Cl)s2)c1. The highest BCUT2D eigenvalue weighted by molar-refractivity contribution is 7.90. The second-order valence-corrected chi connectivity index (χ2v) is 10.4. The number of amidine groups is 1. The molecule has 156 valence electrons. The van der Waals surface area contributed by atoms with Gasteiger partial charge in [0.25, 0.3) is 10.0 Å². The Labute approximate surface area is 180 Å². The van der Waals surface area contributed by atoms with Crippen molar-refractivity contribution in [2.75, 3.05) is 18.9 Å². The van der Waals surface area contributed by atoms with Crippen molar-refractivity contribution < 1.29 is 13.2 Å². The van der Waals surface area contributed by atoms with Gasteiger partial charge in [-0.3, -0.25) is 4.79 Å². The summed E-state index contributed by atoms with van der Waals surface area (Å²) in [5, 5.41) is 2.76. The zero-order valence-electron chi connectivity index (χ0n) is 16.2. The van der Waals surface area contributed by atoms with Crippen LogP contribution >= 0.6 is 22.9 Å². The Kier molecular flexibility index (Phi) is 7.32. The minimum absolute atomic E-state index is 0.0745. The Balaban J connectivity index is 1.68. The summed E-state index contributed by atoms with van der Waals surface area (Å²) >= 11 is 7.35. The van der Waals surface area contributed by atoms with E-state index >= 15 is 0 Å². The molecule has 0 bridgehead atoms. The average Bonchev–Trinajstić information content (AvgIpc) is 3.00. The van der Waals surface area contributed by atoms with E-state index in [-0.39, 0.29) is 10.8 Å². The smallest absolute Gasteiger partial charge is 0.284 e. The number of sulfonamides is 1. The molecular weight excluding hydrogens is 430 g/mol. The number of hydrogen-bond acceptors (Lipinski definition) is 4. The first-order valence-corrected chi connectivity index (χ1v) is 12.2. The summed E-state index contributed by atoms with van der Waals surface area (Å²) in [4.78, 5) is 15.2. The van der Waals surface area contributed by atoms with Gasteiger partial charge < -0.3 is 10.2 Å². The lowest BCUT2D eigenvalue weighted by Crippen LogP contribution is -2.26. The summed E-state index contributed by atoms with van der Waals surface area (Å²) in [6.45, 7) is 0.805. The molecule has 0 aliphatic carbocycles. The zero-order valence-corrected chi connectivity index (χ0v) is 18.6. The lowest BCUT2D eigenvalue weighted by molar-refractivity contribution is -0.116. The molecule has 0 saturated carbocycles. The van der Waals surface area contributed by atoms with Gasteiger partial charge in [-0.25, -0.2) is 0 Å². The highest BCUT2D eigenvalue weighted by Crippen LogP contribution is 2.23. The third kappa shape index (κ3) is 6.29. The maximum absolute atomic E-state index is 12.8. The summed E-state index contributed by atoms with van der Waals surface area (Å²) in [6, 6.07) is 9.94. The van der Waals surface area contributed by atoms with Gasteiger partial charge in [0, 0.05) is 37.0 Å². The molecule has 2 heterocycles. The number of rotatable bonds is 6. The fourth-order valence-corrected chi connectivity index (χ4v) is 5.34. The predicted octanol–water partition coefficient (Wildman–Crippen LogP) is 4.57. The van der Waals surface area contributed by atoms with Crippen LogP contribution in [0.2, 0.25) is 4.34 Å². The maximum atomic E-state index is 12.8. The number of nitrogens with one attached hydrogen (secondary N) is 1. The second kappa shape index (κ2) is 9.73. The molecule has 1 N–H and O–H groups in total. The molecule has 1 aliphatic heterocycles. The molecule has 9 heteroatoms. The second-order valence-electron chi connectivity index (χ2n) is 7.00. The fraction of sp³-hybridized carbons (Fsp3) is 0.400. The molecule has 2 aromatic rings. The topological polar surface area (TPSA) is 78.8 Å². The van der Waals surface area contributed by atoms with Gasteiger partial charge >= 0.3 is 0 Å². The summed E-state index contributed by atoms with van der Waals surface area (Å²) in [5.41, 5.74) is 0.440. The van der Waals surface area contributed by atoms with Gasteiger partial charge in [0.05, 0.1) is 9.23 Å². The monoisotopic (exact) mass is 453 g/mol. The van der Waals surface area contributed by atoms with Crippen LogP contribution in [0.5, 0.6) is 0 Å². The maximum Gasteiger partial charge on any atom is 0.284 e. The van der Waals surface area contributed by atoms with Gasteiger partial charge in [-0.15, -0.1) is 15.7 Å². The highest BCUT2D eigenvalue weighted by atomic mass is 35.5. The minimum Gasteiger partial charge on any atom is -0.362 e. The average molecular weight is 454 g/mol. The van der Waals surface area contributed by atoms with Crippen molar-refractivity contribution in [2.24, 2.45) is 4.40 Å². The minimum atomic E-state index is -3.84. The van der Waals surface area contributed by atoms with E-state index in [9.17, 15) is 13.2 Å². The van der Waals surface area contributed by atoms with Gasteiger partial charge in [0.1, 0.15) is 5.84 Å². The van der Waals surface area contributed by atoms with Gasteiger partial charge in [-0.05, 0) is 49.6 Å². The molecule has 0 spiro atoms. The first-order valence-electron chi connectivity index (χ1n) is 9.52. The Bertz CT molecular complexity index is 1000. The fourth-order valence-electron chi connectivity index (χ4n) is 3.12. The molecular formula is C20H24ClN3O3S2. The number of likely N-dealkylation sites (tertiary alicyclic amines) is 1. The van der Waals surface area contributed by atoms with Crippen LogP contribution in [-0.4, -0.2) is 38.7 Å². The van der Waals surface area contributed by atoms with Crippen molar-refractivity contribution in [3.05, 3.63) is 45.6 Å². The van der Waals surface area contributed by atoms with E-state index in [0.29, 0.717) is 35.1 Å². The van der Waals surface area contributed by atoms with Crippen molar-refractivity contribution in [2.45, 2.75) is 43.4 Å². The number of carbonyl (C=O) groups excluding carboxylic acids is 1. The number of thiophene rings is 1. The van der Waals surface area contributed by atoms with E-state index in [0.717, 1.165) is 30.7 Å². The van der Waals surface area contributed by atoms with Crippen LogP contribution in [0.1, 0.15) is 37.0 Å². The van der Waals surface area contributed by atoms with Crippen LogP contribution in [0.15, 0.2) is 45.7 Å². The number of amides is 1. The predicted molar refractivity (Wildman–Crippen MR) is 118 cm³/mol. The Morgan fingerprint density at radius 3 is 2.83 bits per heavy atom. The van der Waals surface area contributed by atoms with E-state index in [1.165, 1.54) is 23.5 Å². The van der Waals surface area contributed by atoms with E-state index in [2.05, 4.69) is 9.71 Å². The van der Waals surface area contributed by atoms with Crippen LogP contribution in [0, 0.1) is 0 Å². The summed E-state index contributed by atoms with van der Waals surface area (Å²) in [5.74, 6) is 0.408. The van der Waals surface area contributed by atoms with E-state index in [1.807, 2.05) is 18.0 Å². The molecule has 0 unspecified atom stereocenters. The Morgan fingerprint density at radius 2 is 2.07 bits per heavy atom. The van der Waals surface area contributed by atoms with Crippen LogP contribution in [-0.2, 0) is 21.2 Å². The molecule has 1 aromatic carbocycles. The molecule has 1 saturated heterocycles. The largest absolute Gasteiger partial charge is 0.362 e. The van der Waals surface area contributed by atoms with Crippen molar-refractivity contribution in [3.63, 3.8) is 0 Å². The molecule has 29 heavy (non-hydrogen) atoms. The van der Waals surface area contributed by atoms with Crippen molar-refractivity contribution in [1.82, 2.24) is 4.90 Å². The molecule has 1 fully saturated rings. The Hall–Kier alpha value is -1.90. The summed E-state index contributed by atoms with van der Waals surface area (Å²) in [7, 11) is -1.97. The van der Waals surface area contributed by atoms with Gasteiger partial charge in [-0.1, -0.05) is 24.1 Å². The number of anilines is 1. The first-order chi connectivity index (χ1) is 13.8. The third-order valence-electron chi connectivity index (χ3n) is 4.70. The normalized spacial score (nSPS) is 16.6. The zero-order chi connectivity index (χ0) is 20.9. The number of halogens is 1. The van der Waals surface area contributed by atoms with E-state index in [4.69, 9.17) is 11.6 Å². The number of benzene rings is 1. The third-order valence-corrected chi connectivity index (χ3v) is 7.29. The van der Waals surface area contributed by atoms with Crippen LogP contribution in [0.4, 0.5) is 5.69 Å². The molecule has 6 nitrogen and oxygen atoms in total. The standard InChI is InChI=1S/C20H24ClN3O3S2/c1-24-13-4-2-3-8-19(24)23-29(26,27)17-7-5-6-15(14-17)22-20(25)12-10-16-9-11-18(21)28-16/h5-7,9,11,14H,2-4,8,10,12-13H2,1H3,(H,22,25)/b23-19+. The van der Waals surface area contributed by atoms with Gasteiger partial charge in [0.15, 0.2) is 0 Å². The van der Waals surface area contributed by atoms with Crippen molar-refractivity contribution in [1.29, 1.82) is 0 Å². The quantitative estimate of drug-likeness (QED) is 0.695. The first kappa shape index (κ1) is 21.8. The number of nitrogens with zero attached hydrogens (tertiary/aromatic N) is 2. The van der Waals surface area contributed by atoms with Crippen LogP contribution < -0.4 is 5.32 Å². The lowest BCUT2D eigenvalue weighted by atomic mass is 10.2. The van der Waals surface area contributed by atoms with Gasteiger partial charge in [0.2, 0.25) is 5.91 Å². The summed E-state index contributed by atoms with van der Waals surface area (Å²) in [6.07, 6.45) is 4.57. The van der Waals surface area contributed by atoms with Crippen molar-refractivity contribution >= 4 is 50.4 Å². The number of carbonyl (C=O) groups is 1. The Morgan fingerprint density at radius 1 is 1.24 bits per heavy atom. The van der Waals surface area contributed by atoms with Gasteiger partial charge in [-0.2, -0.15) is 8.42 Å². The molecule has 0 radical (unpaired) electrons. The number of hydrogen-bond donors (Lipinski definition) is 1. The van der Waals surface area contributed by atoms with Crippen LogP contribution in [0.3, 0.4) is 0 Å². The highest BCUT2D eigenvalue weighted by Gasteiger charge is 2.19. The van der Waals surface area contributed by atoms with E-state index < -0.39 is 10.0 Å². The molecule has 0 atom stereocenters. The molecule has 1 amide bonds. The molecule has 1 aliphatic rings. The molecule has 1 aromatic heterocycles. The van der Waals surface area contributed by atoms with E-state index in [1.54, 1.807) is 18.2 Å². The van der Waals surface area contributed by atoms with Crippen LogP contribution in [0.25, 0.3) is 0 Å². The lowest BCUT2D eigenvalue weighted by Gasteiger charge is -2.17. The number of aryl methyl sites for hydroxylation is 1. The van der Waals surface area contributed by atoms with Crippen molar-refractivity contribution in [3.8, 4) is 0 Å². The molecule has 3 rings (SSSR count).